The van der Waals surface area contributed by atoms with Gasteiger partial charge in [-0.15, -0.1) is 0 Å². The third-order valence-electron chi connectivity index (χ3n) is 7.59. The number of carboxylic acid groups (broad SMARTS) is 1. The number of rotatable bonds is 8. The zero-order valence-electron chi connectivity index (χ0n) is 19.3. The van der Waals surface area contributed by atoms with Crippen molar-refractivity contribution in [3.05, 3.63) is 59.7 Å². The van der Waals surface area contributed by atoms with Crippen molar-refractivity contribution in [3.8, 4) is 11.1 Å². The Labute approximate surface area is 198 Å². The second-order valence-electron chi connectivity index (χ2n) is 10.1. The molecule has 0 spiro atoms. The molecule has 3 aliphatic carbocycles. The third-order valence-corrected chi connectivity index (χ3v) is 7.59. The van der Waals surface area contributed by atoms with E-state index in [1.165, 1.54) is 11.1 Å². The second-order valence-corrected chi connectivity index (χ2v) is 10.1. The summed E-state index contributed by atoms with van der Waals surface area (Å²) in [6, 6.07) is 16.3. The molecule has 3 aliphatic rings. The van der Waals surface area contributed by atoms with Gasteiger partial charge in [-0.1, -0.05) is 48.5 Å². The highest BCUT2D eigenvalue weighted by Crippen LogP contribution is 2.45. The van der Waals surface area contributed by atoms with E-state index < -0.39 is 17.6 Å². The molecule has 0 aliphatic heterocycles. The van der Waals surface area contributed by atoms with Crippen LogP contribution in [0.15, 0.2) is 48.5 Å². The minimum atomic E-state index is -0.815. The van der Waals surface area contributed by atoms with Crippen molar-refractivity contribution in [1.29, 1.82) is 0 Å². The zero-order valence-corrected chi connectivity index (χ0v) is 19.3. The minimum absolute atomic E-state index is 0.0190. The number of benzene rings is 2. The maximum absolute atomic E-state index is 12.8. The van der Waals surface area contributed by atoms with Crippen molar-refractivity contribution >= 4 is 18.0 Å². The molecule has 0 heterocycles. The van der Waals surface area contributed by atoms with E-state index in [1.54, 1.807) is 0 Å². The number of carboxylic acids is 1. The van der Waals surface area contributed by atoms with Gasteiger partial charge in [-0.05, 0) is 60.8 Å². The van der Waals surface area contributed by atoms with Crippen LogP contribution in [0, 0.1) is 11.8 Å². The summed E-state index contributed by atoms with van der Waals surface area (Å²) in [5, 5.41) is 14.9. The molecular weight excluding hydrogens is 432 g/mol. The Morgan fingerprint density at radius 2 is 1.59 bits per heavy atom. The molecule has 2 amide bonds. The number of amides is 2. The highest BCUT2D eigenvalue weighted by molar-refractivity contribution is 5.81. The lowest BCUT2D eigenvalue weighted by molar-refractivity contribution is -0.146. The van der Waals surface area contributed by atoms with Crippen LogP contribution >= 0.6 is 0 Å². The first-order valence-corrected chi connectivity index (χ1v) is 12.0. The van der Waals surface area contributed by atoms with Gasteiger partial charge < -0.3 is 20.5 Å². The van der Waals surface area contributed by atoms with E-state index in [0.29, 0.717) is 12.8 Å². The molecular formula is C27H30N2O5. The van der Waals surface area contributed by atoms with Crippen LogP contribution in [0.5, 0.6) is 0 Å². The molecule has 2 saturated carbocycles. The number of carbonyl (C=O) groups is 3. The summed E-state index contributed by atoms with van der Waals surface area (Å²) in [7, 11) is 0. The zero-order chi connectivity index (χ0) is 23.9. The van der Waals surface area contributed by atoms with E-state index >= 15 is 0 Å². The Kier molecular flexibility index (Phi) is 5.80. The smallest absolute Gasteiger partial charge is 0.407 e. The summed E-state index contributed by atoms with van der Waals surface area (Å²) in [4.78, 5) is 36.5. The number of aliphatic carboxylic acids is 1. The van der Waals surface area contributed by atoms with Crippen LogP contribution in [0.3, 0.4) is 0 Å². The van der Waals surface area contributed by atoms with Gasteiger partial charge in [0.05, 0.1) is 11.5 Å². The largest absolute Gasteiger partial charge is 0.481 e. The predicted octanol–water partition coefficient (Wildman–Crippen LogP) is 4.06. The van der Waals surface area contributed by atoms with E-state index in [-0.39, 0.29) is 42.7 Å². The summed E-state index contributed by atoms with van der Waals surface area (Å²) in [6.07, 6.45) is 2.47. The van der Waals surface area contributed by atoms with Gasteiger partial charge in [-0.3, -0.25) is 9.59 Å². The van der Waals surface area contributed by atoms with Crippen molar-refractivity contribution in [3.63, 3.8) is 0 Å². The molecule has 2 aromatic carbocycles. The van der Waals surface area contributed by atoms with Gasteiger partial charge in [0.25, 0.3) is 0 Å². The van der Waals surface area contributed by atoms with Gasteiger partial charge in [0.15, 0.2) is 0 Å². The first-order chi connectivity index (χ1) is 16.3. The van der Waals surface area contributed by atoms with E-state index in [2.05, 4.69) is 34.9 Å². The van der Waals surface area contributed by atoms with Crippen molar-refractivity contribution in [2.45, 2.75) is 56.5 Å². The number of alkyl carbamates (subject to hydrolysis) is 1. The number of ether oxygens (including phenoxy) is 1. The SMILES string of the molecule is CC(CC(=O)NC1CC(C(=O)O)C1)(NC(=O)OCC1c2ccccc2-c2ccccc21)C1CC1. The first-order valence-electron chi connectivity index (χ1n) is 12.0. The van der Waals surface area contributed by atoms with Crippen molar-refractivity contribution in [2.75, 3.05) is 6.61 Å². The fourth-order valence-electron chi connectivity index (χ4n) is 5.43. The molecule has 7 nitrogen and oxygen atoms in total. The Morgan fingerprint density at radius 1 is 1.00 bits per heavy atom. The van der Waals surface area contributed by atoms with Crippen LogP contribution in [0.1, 0.15) is 56.1 Å². The highest BCUT2D eigenvalue weighted by Gasteiger charge is 2.45. The third kappa shape index (κ3) is 4.39. The van der Waals surface area contributed by atoms with Crippen LogP contribution in [-0.2, 0) is 14.3 Å². The predicted molar refractivity (Wildman–Crippen MR) is 126 cm³/mol. The summed E-state index contributed by atoms with van der Waals surface area (Å²) < 4.78 is 5.70. The highest BCUT2D eigenvalue weighted by atomic mass is 16.5. The van der Waals surface area contributed by atoms with E-state index in [4.69, 9.17) is 9.84 Å². The van der Waals surface area contributed by atoms with Crippen LogP contribution in [0.2, 0.25) is 0 Å². The van der Waals surface area contributed by atoms with Gasteiger partial charge >= 0.3 is 12.1 Å². The molecule has 1 atom stereocenters. The number of hydrogen-bond donors (Lipinski definition) is 3. The first kappa shape index (κ1) is 22.4. The van der Waals surface area contributed by atoms with Crippen molar-refractivity contribution < 1.29 is 24.2 Å². The Morgan fingerprint density at radius 3 is 2.15 bits per heavy atom. The molecule has 5 rings (SSSR count). The summed E-state index contributed by atoms with van der Waals surface area (Å²) in [6.45, 7) is 2.12. The lowest BCUT2D eigenvalue weighted by Gasteiger charge is -2.35. The molecule has 1 unspecified atom stereocenters. The average molecular weight is 463 g/mol. The Bertz CT molecular complexity index is 1080. The van der Waals surface area contributed by atoms with Crippen molar-refractivity contribution in [1.82, 2.24) is 10.6 Å². The number of nitrogens with one attached hydrogen (secondary N) is 2. The van der Waals surface area contributed by atoms with Gasteiger partial charge in [-0.2, -0.15) is 0 Å². The number of carbonyl (C=O) groups excluding carboxylic acids is 2. The van der Waals surface area contributed by atoms with E-state index in [9.17, 15) is 14.4 Å². The maximum atomic E-state index is 12.8. The number of fused-ring (bicyclic) bond motifs is 3. The summed E-state index contributed by atoms with van der Waals surface area (Å²) in [5.41, 5.74) is 3.96. The summed E-state index contributed by atoms with van der Waals surface area (Å²) >= 11 is 0. The molecule has 0 saturated heterocycles. The van der Waals surface area contributed by atoms with Crippen LogP contribution in [0.25, 0.3) is 11.1 Å². The molecule has 34 heavy (non-hydrogen) atoms. The fourth-order valence-corrected chi connectivity index (χ4v) is 5.43. The van der Waals surface area contributed by atoms with Crippen LogP contribution < -0.4 is 10.6 Å². The van der Waals surface area contributed by atoms with Gasteiger partial charge in [0.2, 0.25) is 5.91 Å². The maximum Gasteiger partial charge on any atom is 0.407 e. The second kappa shape index (κ2) is 8.78. The molecule has 7 heteroatoms. The van der Waals surface area contributed by atoms with E-state index in [1.807, 2.05) is 31.2 Å². The van der Waals surface area contributed by atoms with Crippen molar-refractivity contribution in [2.24, 2.45) is 11.8 Å². The molecule has 0 radical (unpaired) electrons. The minimum Gasteiger partial charge on any atom is -0.481 e. The Balaban J connectivity index is 1.19. The standard InChI is InChI=1S/C27H30N2O5/c1-27(17-10-11-17,14-24(30)28-18-12-16(13-18)25(31)32)29-26(33)34-15-23-21-8-4-2-6-19(21)20-7-3-5-9-22(20)23/h2-9,16-18,23H,10-15H2,1H3,(H,28,30)(H,29,33)(H,31,32). The topological polar surface area (TPSA) is 105 Å². The quantitative estimate of drug-likeness (QED) is 0.549. The average Bonchev–Trinajstić information content (AvgIpc) is 3.58. The molecule has 0 bridgehead atoms. The molecule has 2 fully saturated rings. The normalized spacial score (nSPS) is 22.5. The monoisotopic (exact) mass is 462 g/mol. The lowest BCUT2D eigenvalue weighted by atomic mass is 9.80. The molecule has 3 N–H and O–H groups in total. The van der Waals surface area contributed by atoms with Gasteiger partial charge in [0.1, 0.15) is 6.61 Å². The molecule has 0 aromatic heterocycles. The lowest BCUT2D eigenvalue weighted by Crippen LogP contribution is -2.53. The number of hydrogen-bond acceptors (Lipinski definition) is 4. The fraction of sp³-hybridized carbons (Fsp3) is 0.444. The Hall–Kier alpha value is -3.35. The van der Waals surface area contributed by atoms with Gasteiger partial charge in [0, 0.05) is 18.4 Å². The van der Waals surface area contributed by atoms with Crippen LogP contribution in [-0.4, -0.2) is 41.3 Å². The van der Waals surface area contributed by atoms with Crippen LogP contribution in [0.4, 0.5) is 4.79 Å². The molecule has 178 valence electrons. The molecule has 2 aromatic rings. The van der Waals surface area contributed by atoms with E-state index in [0.717, 1.165) is 24.0 Å². The summed E-state index contributed by atoms with van der Waals surface area (Å²) in [5.74, 6) is -1.15. The van der Waals surface area contributed by atoms with Gasteiger partial charge in [-0.25, -0.2) is 4.79 Å².